The van der Waals surface area contributed by atoms with E-state index in [4.69, 9.17) is 5.11 Å². The summed E-state index contributed by atoms with van der Waals surface area (Å²) >= 11 is 0. The van der Waals surface area contributed by atoms with E-state index in [1.165, 1.54) is 19.3 Å². The van der Waals surface area contributed by atoms with Gasteiger partial charge in [-0.2, -0.15) is 0 Å². The third kappa shape index (κ3) is 3.51. The highest BCUT2D eigenvalue weighted by atomic mass is 16.4. The molecule has 1 amide bonds. The molecule has 2 aliphatic rings. The number of carboxylic acid groups (broad SMARTS) is 1. The van der Waals surface area contributed by atoms with Gasteiger partial charge in [0.05, 0.1) is 12.5 Å². The van der Waals surface area contributed by atoms with Crippen molar-refractivity contribution < 1.29 is 14.7 Å². The molecule has 1 aliphatic heterocycles. The highest BCUT2D eigenvalue weighted by molar-refractivity contribution is 5.78. The standard InChI is InChI=1S/C15H26N2O3/c1-11-8-17(9-13(11)15(19)20)10-14(18)16(2)12-6-4-3-5-7-12/h11-13H,3-10H2,1-2H3,(H,19,20)/t11-,13-/m1/s1. The Bertz CT molecular complexity index is 366. The smallest absolute Gasteiger partial charge is 0.308 e. The van der Waals surface area contributed by atoms with E-state index >= 15 is 0 Å². The quantitative estimate of drug-likeness (QED) is 0.847. The molecule has 1 heterocycles. The number of aliphatic carboxylic acids is 1. The maximum Gasteiger partial charge on any atom is 0.308 e. The third-order valence-corrected chi connectivity index (χ3v) is 4.88. The molecule has 5 nitrogen and oxygen atoms in total. The summed E-state index contributed by atoms with van der Waals surface area (Å²) in [5.41, 5.74) is 0. The lowest BCUT2D eigenvalue weighted by molar-refractivity contribution is -0.142. The Hall–Kier alpha value is -1.10. The fourth-order valence-corrected chi connectivity index (χ4v) is 3.49. The molecule has 1 saturated carbocycles. The van der Waals surface area contributed by atoms with Crippen molar-refractivity contribution in [2.24, 2.45) is 11.8 Å². The first kappa shape index (κ1) is 15.3. The van der Waals surface area contributed by atoms with Gasteiger partial charge in [-0.15, -0.1) is 0 Å². The molecular formula is C15H26N2O3. The molecule has 1 aliphatic carbocycles. The number of carbonyl (C=O) groups is 2. The second kappa shape index (κ2) is 6.57. The number of hydrogen-bond donors (Lipinski definition) is 1. The molecular weight excluding hydrogens is 256 g/mol. The number of amides is 1. The van der Waals surface area contributed by atoms with E-state index in [0.717, 1.165) is 12.8 Å². The van der Waals surface area contributed by atoms with Gasteiger partial charge in [-0.3, -0.25) is 14.5 Å². The van der Waals surface area contributed by atoms with Crippen molar-refractivity contribution in [1.82, 2.24) is 9.80 Å². The lowest BCUT2D eigenvalue weighted by atomic mass is 9.94. The van der Waals surface area contributed by atoms with Gasteiger partial charge in [0.2, 0.25) is 5.91 Å². The number of hydrogen-bond acceptors (Lipinski definition) is 3. The number of likely N-dealkylation sites (tertiary alicyclic amines) is 1. The number of nitrogens with zero attached hydrogens (tertiary/aromatic N) is 2. The Labute approximate surface area is 120 Å². The summed E-state index contributed by atoms with van der Waals surface area (Å²) in [5.74, 6) is -0.814. The fraction of sp³-hybridized carbons (Fsp3) is 0.867. The molecule has 0 unspecified atom stereocenters. The van der Waals surface area contributed by atoms with Crippen LogP contribution in [0.4, 0.5) is 0 Å². The predicted octanol–water partition coefficient (Wildman–Crippen LogP) is 1.43. The number of rotatable bonds is 4. The lowest BCUT2D eigenvalue weighted by Gasteiger charge is -2.32. The fourth-order valence-electron chi connectivity index (χ4n) is 3.49. The summed E-state index contributed by atoms with van der Waals surface area (Å²) in [4.78, 5) is 27.3. The number of carbonyl (C=O) groups excluding carboxylic acids is 1. The van der Waals surface area contributed by atoms with Crippen molar-refractivity contribution >= 4 is 11.9 Å². The predicted molar refractivity (Wildman–Crippen MR) is 76.4 cm³/mol. The van der Waals surface area contributed by atoms with Crippen LogP contribution in [0.1, 0.15) is 39.0 Å². The lowest BCUT2D eigenvalue weighted by Crippen LogP contribution is -2.43. The van der Waals surface area contributed by atoms with Crippen LogP contribution in [0.15, 0.2) is 0 Å². The first-order valence-electron chi connectivity index (χ1n) is 7.70. The van der Waals surface area contributed by atoms with E-state index in [9.17, 15) is 9.59 Å². The van der Waals surface area contributed by atoms with Crippen LogP contribution in [0.5, 0.6) is 0 Å². The van der Waals surface area contributed by atoms with Crippen LogP contribution >= 0.6 is 0 Å². The monoisotopic (exact) mass is 282 g/mol. The van der Waals surface area contributed by atoms with Crippen molar-refractivity contribution in [2.75, 3.05) is 26.7 Å². The van der Waals surface area contributed by atoms with Crippen LogP contribution in [0, 0.1) is 11.8 Å². The summed E-state index contributed by atoms with van der Waals surface area (Å²) in [6, 6.07) is 0.381. The second-order valence-corrected chi connectivity index (χ2v) is 6.41. The van der Waals surface area contributed by atoms with Crippen molar-refractivity contribution in [3.63, 3.8) is 0 Å². The molecule has 114 valence electrons. The van der Waals surface area contributed by atoms with E-state index < -0.39 is 5.97 Å². The Morgan fingerprint density at radius 3 is 2.40 bits per heavy atom. The molecule has 0 aromatic heterocycles. The van der Waals surface area contributed by atoms with Crippen LogP contribution in [0.2, 0.25) is 0 Å². The van der Waals surface area contributed by atoms with Gasteiger partial charge in [0, 0.05) is 26.2 Å². The van der Waals surface area contributed by atoms with E-state index in [1.54, 1.807) is 0 Å². The molecule has 0 aromatic rings. The summed E-state index contributed by atoms with van der Waals surface area (Å²) in [6.07, 6.45) is 5.92. The van der Waals surface area contributed by atoms with Gasteiger partial charge in [0.15, 0.2) is 0 Å². The second-order valence-electron chi connectivity index (χ2n) is 6.41. The minimum Gasteiger partial charge on any atom is -0.481 e. The van der Waals surface area contributed by atoms with Gasteiger partial charge in [0.1, 0.15) is 0 Å². The molecule has 5 heteroatoms. The molecule has 0 bridgehead atoms. The average Bonchev–Trinajstić information content (AvgIpc) is 2.79. The first-order valence-corrected chi connectivity index (χ1v) is 7.70. The summed E-state index contributed by atoms with van der Waals surface area (Å²) in [5, 5.41) is 9.13. The van der Waals surface area contributed by atoms with Crippen molar-refractivity contribution in [2.45, 2.75) is 45.1 Å². The van der Waals surface area contributed by atoms with E-state index in [2.05, 4.69) is 0 Å². The molecule has 1 saturated heterocycles. The van der Waals surface area contributed by atoms with Crippen LogP contribution in [-0.2, 0) is 9.59 Å². The molecule has 2 rings (SSSR count). The molecule has 0 aromatic carbocycles. The summed E-state index contributed by atoms with van der Waals surface area (Å²) in [6.45, 7) is 3.52. The van der Waals surface area contributed by atoms with Crippen LogP contribution in [0.3, 0.4) is 0 Å². The Balaban J connectivity index is 1.84. The first-order chi connectivity index (χ1) is 9.49. The summed E-state index contributed by atoms with van der Waals surface area (Å²) < 4.78 is 0. The van der Waals surface area contributed by atoms with Crippen LogP contribution < -0.4 is 0 Å². The largest absolute Gasteiger partial charge is 0.481 e. The van der Waals surface area contributed by atoms with Crippen molar-refractivity contribution in [3.05, 3.63) is 0 Å². The zero-order valence-corrected chi connectivity index (χ0v) is 12.5. The zero-order chi connectivity index (χ0) is 14.7. The van der Waals surface area contributed by atoms with Crippen molar-refractivity contribution in [1.29, 1.82) is 0 Å². The van der Waals surface area contributed by atoms with Crippen LogP contribution in [0.25, 0.3) is 0 Å². The minimum atomic E-state index is -0.743. The molecule has 20 heavy (non-hydrogen) atoms. The number of likely N-dealkylation sites (N-methyl/N-ethyl adjacent to an activating group) is 1. The number of carboxylic acids is 1. The molecule has 2 atom stereocenters. The van der Waals surface area contributed by atoms with E-state index in [0.29, 0.717) is 25.7 Å². The molecule has 0 radical (unpaired) electrons. The normalized spacial score (nSPS) is 28.5. The summed E-state index contributed by atoms with van der Waals surface area (Å²) in [7, 11) is 1.90. The Kier molecular flexibility index (Phi) is 5.02. The SMILES string of the molecule is C[C@@H]1CN(CC(=O)N(C)C2CCCCC2)C[C@H]1C(=O)O. The van der Waals surface area contributed by atoms with Gasteiger partial charge in [-0.05, 0) is 18.8 Å². The van der Waals surface area contributed by atoms with E-state index in [-0.39, 0.29) is 17.7 Å². The molecule has 0 spiro atoms. The minimum absolute atomic E-state index is 0.125. The Morgan fingerprint density at radius 2 is 1.85 bits per heavy atom. The van der Waals surface area contributed by atoms with Gasteiger partial charge < -0.3 is 10.0 Å². The molecule has 2 fully saturated rings. The van der Waals surface area contributed by atoms with Gasteiger partial charge in [0.25, 0.3) is 0 Å². The van der Waals surface area contributed by atoms with Gasteiger partial charge >= 0.3 is 5.97 Å². The van der Waals surface area contributed by atoms with Gasteiger partial charge in [-0.1, -0.05) is 26.2 Å². The zero-order valence-electron chi connectivity index (χ0n) is 12.5. The maximum atomic E-state index is 12.3. The topological polar surface area (TPSA) is 60.9 Å². The van der Waals surface area contributed by atoms with Crippen molar-refractivity contribution in [3.8, 4) is 0 Å². The maximum absolute atomic E-state index is 12.3. The Morgan fingerprint density at radius 1 is 1.20 bits per heavy atom. The van der Waals surface area contributed by atoms with E-state index in [1.807, 2.05) is 23.8 Å². The van der Waals surface area contributed by atoms with Crippen LogP contribution in [-0.4, -0.2) is 59.5 Å². The average molecular weight is 282 g/mol. The highest BCUT2D eigenvalue weighted by Gasteiger charge is 2.36. The molecule has 1 N–H and O–H groups in total. The highest BCUT2D eigenvalue weighted by Crippen LogP contribution is 2.24. The van der Waals surface area contributed by atoms with Gasteiger partial charge in [-0.25, -0.2) is 0 Å². The third-order valence-electron chi connectivity index (χ3n) is 4.88.